The predicted molar refractivity (Wildman–Crippen MR) is 96.2 cm³/mol. The summed E-state index contributed by atoms with van der Waals surface area (Å²) in [6.45, 7) is 5.06. The molecule has 0 atom stereocenters. The van der Waals surface area contributed by atoms with Crippen LogP contribution in [-0.2, 0) is 11.3 Å². The molecule has 0 aliphatic rings. The third kappa shape index (κ3) is 3.73. The van der Waals surface area contributed by atoms with Crippen LogP contribution in [0.5, 0.6) is 0 Å². The average Bonchev–Trinajstić information content (AvgIpc) is 2.46. The first-order valence-corrected chi connectivity index (χ1v) is 8.07. The minimum absolute atomic E-state index is 0.0899. The molecule has 0 spiro atoms. The lowest BCUT2D eigenvalue weighted by molar-refractivity contribution is -0.116. The van der Waals surface area contributed by atoms with Crippen LogP contribution in [0.1, 0.15) is 27.2 Å². The normalized spacial score (nSPS) is 10.5. The van der Waals surface area contributed by atoms with E-state index in [0.717, 1.165) is 10.0 Å². The summed E-state index contributed by atoms with van der Waals surface area (Å²) >= 11 is 3.39. The molecule has 2 amide bonds. The van der Waals surface area contributed by atoms with Crippen molar-refractivity contribution >= 4 is 33.4 Å². The fourth-order valence-corrected chi connectivity index (χ4v) is 2.74. The lowest BCUT2D eigenvalue weighted by Gasteiger charge is -2.13. The van der Waals surface area contributed by atoms with Gasteiger partial charge in [-0.15, -0.1) is 0 Å². The summed E-state index contributed by atoms with van der Waals surface area (Å²) in [4.78, 5) is 36.1. The molecule has 2 rings (SSSR count). The molecule has 0 saturated heterocycles. The van der Waals surface area contributed by atoms with Gasteiger partial charge in [-0.3, -0.25) is 14.4 Å². The maximum atomic E-state index is 12.4. The number of carbonyl (C=O) groups excluding carboxylic acids is 2. The van der Waals surface area contributed by atoms with Crippen LogP contribution in [0.3, 0.4) is 0 Å². The summed E-state index contributed by atoms with van der Waals surface area (Å²) in [5.41, 5.74) is 7.32. The molecule has 126 valence electrons. The molecule has 1 aromatic heterocycles. The van der Waals surface area contributed by atoms with Crippen molar-refractivity contribution in [1.82, 2.24) is 4.57 Å². The number of nitrogens with one attached hydrogen (secondary N) is 1. The SMILES string of the molecule is Cc1cc(NC(=O)Cn2c(C)cc(C)c(C(N)=O)c2=O)ccc1Br. The number of rotatable bonds is 4. The van der Waals surface area contributed by atoms with Crippen LogP contribution >= 0.6 is 15.9 Å². The largest absolute Gasteiger partial charge is 0.365 e. The molecule has 0 unspecified atom stereocenters. The van der Waals surface area contributed by atoms with Gasteiger partial charge < -0.3 is 15.6 Å². The second-order valence-corrected chi connectivity index (χ2v) is 6.47. The molecular weight excluding hydrogens is 374 g/mol. The smallest absolute Gasteiger partial charge is 0.264 e. The standard InChI is InChI=1S/C17H18BrN3O3/c1-9-7-12(4-5-13(9)18)20-14(22)8-21-11(3)6-10(2)15(16(19)23)17(21)24/h4-7H,8H2,1-3H3,(H2,19,23)(H,20,22). The Morgan fingerprint density at radius 1 is 1.17 bits per heavy atom. The molecule has 0 aliphatic heterocycles. The first-order chi connectivity index (χ1) is 11.2. The fraction of sp³-hybridized carbons (Fsp3) is 0.235. The Hall–Kier alpha value is -2.41. The molecule has 0 fully saturated rings. The minimum atomic E-state index is -0.796. The van der Waals surface area contributed by atoms with Crippen molar-refractivity contribution in [1.29, 1.82) is 0 Å². The monoisotopic (exact) mass is 391 g/mol. The molecule has 0 bridgehead atoms. The molecule has 2 aromatic rings. The van der Waals surface area contributed by atoms with E-state index in [0.29, 0.717) is 16.9 Å². The van der Waals surface area contributed by atoms with E-state index in [1.807, 2.05) is 19.1 Å². The predicted octanol–water partition coefficient (Wildman–Crippen LogP) is 2.27. The first kappa shape index (κ1) is 17.9. The van der Waals surface area contributed by atoms with E-state index in [2.05, 4.69) is 21.2 Å². The molecule has 0 aliphatic carbocycles. The molecular formula is C17H18BrN3O3. The fourth-order valence-electron chi connectivity index (χ4n) is 2.49. The van der Waals surface area contributed by atoms with Gasteiger partial charge in [0.2, 0.25) is 5.91 Å². The van der Waals surface area contributed by atoms with E-state index in [4.69, 9.17) is 5.73 Å². The van der Waals surface area contributed by atoms with Gasteiger partial charge in [0.05, 0.1) is 0 Å². The second kappa shape index (κ2) is 7.00. The zero-order chi connectivity index (χ0) is 18.0. The minimum Gasteiger partial charge on any atom is -0.365 e. The number of halogens is 1. The maximum absolute atomic E-state index is 12.4. The van der Waals surface area contributed by atoms with Gasteiger partial charge in [0.15, 0.2) is 0 Å². The summed E-state index contributed by atoms with van der Waals surface area (Å²) in [7, 11) is 0. The third-order valence-electron chi connectivity index (χ3n) is 3.69. The highest BCUT2D eigenvalue weighted by Crippen LogP contribution is 2.20. The van der Waals surface area contributed by atoms with E-state index in [9.17, 15) is 14.4 Å². The van der Waals surface area contributed by atoms with Crippen LogP contribution in [0.25, 0.3) is 0 Å². The molecule has 7 heteroatoms. The van der Waals surface area contributed by atoms with Gasteiger partial charge in [-0.25, -0.2) is 0 Å². The molecule has 1 heterocycles. The van der Waals surface area contributed by atoms with Crippen LogP contribution < -0.4 is 16.6 Å². The maximum Gasteiger partial charge on any atom is 0.264 e. The van der Waals surface area contributed by atoms with Crippen LogP contribution in [0, 0.1) is 20.8 Å². The Balaban J connectivity index is 2.29. The highest BCUT2D eigenvalue weighted by atomic mass is 79.9. The van der Waals surface area contributed by atoms with E-state index in [-0.39, 0.29) is 18.0 Å². The Morgan fingerprint density at radius 2 is 1.83 bits per heavy atom. The Morgan fingerprint density at radius 3 is 2.42 bits per heavy atom. The second-order valence-electron chi connectivity index (χ2n) is 5.61. The molecule has 0 saturated carbocycles. The number of nitrogens with zero attached hydrogens (tertiary/aromatic N) is 1. The highest BCUT2D eigenvalue weighted by Gasteiger charge is 2.16. The van der Waals surface area contributed by atoms with Crippen molar-refractivity contribution in [2.75, 3.05) is 5.32 Å². The number of carbonyl (C=O) groups is 2. The van der Waals surface area contributed by atoms with Crippen LogP contribution in [0.4, 0.5) is 5.69 Å². The summed E-state index contributed by atoms with van der Waals surface area (Å²) in [5, 5.41) is 2.74. The number of primary amides is 1. The van der Waals surface area contributed by atoms with E-state index in [1.54, 1.807) is 26.0 Å². The number of amides is 2. The van der Waals surface area contributed by atoms with Crippen LogP contribution in [-0.4, -0.2) is 16.4 Å². The van der Waals surface area contributed by atoms with Gasteiger partial charge in [0.25, 0.3) is 11.5 Å². The molecule has 24 heavy (non-hydrogen) atoms. The van der Waals surface area contributed by atoms with E-state index < -0.39 is 11.5 Å². The van der Waals surface area contributed by atoms with Crippen molar-refractivity contribution in [2.45, 2.75) is 27.3 Å². The highest BCUT2D eigenvalue weighted by molar-refractivity contribution is 9.10. The summed E-state index contributed by atoms with van der Waals surface area (Å²) in [6.07, 6.45) is 0. The summed E-state index contributed by atoms with van der Waals surface area (Å²) in [6, 6.07) is 7.08. The molecule has 6 nitrogen and oxygen atoms in total. The number of hydrogen-bond acceptors (Lipinski definition) is 3. The number of nitrogens with two attached hydrogens (primary N) is 1. The van der Waals surface area contributed by atoms with Gasteiger partial charge >= 0.3 is 0 Å². The third-order valence-corrected chi connectivity index (χ3v) is 4.58. The van der Waals surface area contributed by atoms with Gasteiger partial charge in [0, 0.05) is 15.9 Å². The van der Waals surface area contributed by atoms with Gasteiger partial charge in [-0.05, 0) is 56.2 Å². The quantitative estimate of drug-likeness (QED) is 0.836. The zero-order valence-electron chi connectivity index (χ0n) is 13.6. The summed E-state index contributed by atoms with van der Waals surface area (Å²) in [5.74, 6) is -1.16. The molecule has 3 N–H and O–H groups in total. The Labute approximate surface area is 147 Å². The Kier molecular flexibility index (Phi) is 5.23. The molecule has 0 radical (unpaired) electrons. The van der Waals surface area contributed by atoms with Gasteiger partial charge in [-0.1, -0.05) is 15.9 Å². The number of benzene rings is 1. The van der Waals surface area contributed by atoms with Crippen molar-refractivity contribution in [3.8, 4) is 0 Å². The topological polar surface area (TPSA) is 94.2 Å². The summed E-state index contributed by atoms with van der Waals surface area (Å²) < 4.78 is 2.19. The van der Waals surface area contributed by atoms with E-state index in [1.165, 1.54) is 4.57 Å². The van der Waals surface area contributed by atoms with Crippen LogP contribution in [0.15, 0.2) is 33.5 Å². The lowest BCUT2D eigenvalue weighted by atomic mass is 10.1. The number of anilines is 1. The van der Waals surface area contributed by atoms with Crippen molar-refractivity contribution < 1.29 is 9.59 Å². The van der Waals surface area contributed by atoms with Crippen molar-refractivity contribution in [3.05, 3.63) is 61.5 Å². The van der Waals surface area contributed by atoms with E-state index >= 15 is 0 Å². The van der Waals surface area contributed by atoms with Crippen LogP contribution in [0.2, 0.25) is 0 Å². The lowest BCUT2D eigenvalue weighted by Crippen LogP contribution is -2.35. The van der Waals surface area contributed by atoms with Crippen molar-refractivity contribution in [2.24, 2.45) is 5.73 Å². The molecule has 1 aromatic carbocycles. The number of aromatic nitrogens is 1. The average molecular weight is 392 g/mol. The number of hydrogen-bond donors (Lipinski definition) is 2. The Bertz CT molecular complexity index is 887. The van der Waals surface area contributed by atoms with Crippen molar-refractivity contribution in [3.63, 3.8) is 0 Å². The number of pyridine rings is 1. The zero-order valence-corrected chi connectivity index (χ0v) is 15.2. The first-order valence-electron chi connectivity index (χ1n) is 7.27. The van der Waals surface area contributed by atoms with Gasteiger partial charge in [0.1, 0.15) is 12.1 Å². The van der Waals surface area contributed by atoms with Gasteiger partial charge in [-0.2, -0.15) is 0 Å². The number of aryl methyl sites for hydroxylation is 3.